The van der Waals surface area contributed by atoms with E-state index in [1.54, 1.807) is 0 Å². The molecular weight excluding hydrogens is 390 g/mol. The lowest BCUT2D eigenvalue weighted by Crippen LogP contribution is -2.63. The zero-order valence-electron chi connectivity index (χ0n) is 22.8. The average Bonchev–Trinajstić information content (AvgIpc) is 3.07. The van der Waals surface area contributed by atoms with Gasteiger partial charge in [0.05, 0.1) is 0 Å². The number of amides is 1. The van der Waals surface area contributed by atoms with Gasteiger partial charge in [0.2, 0.25) is 5.91 Å². The van der Waals surface area contributed by atoms with E-state index in [4.69, 9.17) is 0 Å². The molecule has 1 aliphatic heterocycles. The van der Waals surface area contributed by atoms with E-state index in [1.807, 2.05) is 0 Å². The van der Waals surface area contributed by atoms with Gasteiger partial charge in [0.25, 0.3) is 0 Å². The van der Waals surface area contributed by atoms with Crippen molar-refractivity contribution in [2.24, 2.45) is 52.3 Å². The van der Waals surface area contributed by atoms with E-state index in [0.29, 0.717) is 22.8 Å². The number of carbonyl (C=O) groups excluding carboxylic acids is 1. The van der Waals surface area contributed by atoms with Crippen LogP contribution in [0.1, 0.15) is 126 Å². The summed E-state index contributed by atoms with van der Waals surface area (Å²) in [6.07, 6.45) is 14.3. The number of rotatable bonds is 5. The number of hydrogen-bond acceptors (Lipinski definition) is 1. The molecule has 1 N–H and O–H groups in total. The minimum Gasteiger partial charge on any atom is -0.353 e. The van der Waals surface area contributed by atoms with Crippen LogP contribution in [0.15, 0.2) is 0 Å². The standard InChI is InChI=1S/C27H47NO.C3H8/c1-17(2)8-7-9-18(3)20-10-11-21-25-19(4)16-23-27(6,15-13-24(29)28-23)22(25)12-14-26(20,21)5;1-3-2/h17-23,25H,7-16H2,1-6H3,(H,28,29);3H2,1-2H3/t18?,19-,20?,21?,22?,23?,25?,26+,27+;/m0./s1. The van der Waals surface area contributed by atoms with Crippen LogP contribution in [-0.2, 0) is 4.79 Å². The Labute approximate surface area is 200 Å². The molecule has 3 saturated carbocycles. The van der Waals surface area contributed by atoms with Gasteiger partial charge in [0.1, 0.15) is 0 Å². The highest BCUT2D eigenvalue weighted by atomic mass is 16.1. The third-order valence-corrected chi connectivity index (χ3v) is 10.7. The first-order valence-electron chi connectivity index (χ1n) is 14.4. The Hall–Kier alpha value is -0.530. The molecule has 2 heteroatoms. The van der Waals surface area contributed by atoms with Crippen molar-refractivity contribution in [1.29, 1.82) is 0 Å². The molecule has 9 atom stereocenters. The minimum absolute atomic E-state index is 0.301. The van der Waals surface area contributed by atoms with Gasteiger partial charge < -0.3 is 5.32 Å². The normalized spacial score (nSPS) is 44.0. The van der Waals surface area contributed by atoms with E-state index in [9.17, 15) is 4.79 Å². The Kier molecular flexibility index (Phi) is 8.47. The summed E-state index contributed by atoms with van der Waals surface area (Å²) in [6, 6.07) is 0.427. The second kappa shape index (κ2) is 10.4. The van der Waals surface area contributed by atoms with Crippen LogP contribution in [-0.4, -0.2) is 11.9 Å². The second-order valence-electron chi connectivity index (χ2n) is 13.4. The average molecular weight is 446 g/mol. The van der Waals surface area contributed by atoms with Crippen LogP contribution in [0.25, 0.3) is 0 Å². The van der Waals surface area contributed by atoms with Gasteiger partial charge in [-0.3, -0.25) is 4.79 Å². The quantitative estimate of drug-likeness (QED) is 0.453. The van der Waals surface area contributed by atoms with Crippen molar-refractivity contribution in [2.75, 3.05) is 0 Å². The molecule has 1 saturated heterocycles. The van der Waals surface area contributed by atoms with Crippen LogP contribution in [0.3, 0.4) is 0 Å². The van der Waals surface area contributed by atoms with Crippen molar-refractivity contribution in [1.82, 2.24) is 5.32 Å². The predicted molar refractivity (Wildman–Crippen MR) is 137 cm³/mol. The summed E-state index contributed by atoms with van der Waals surface area (Å²) in [7, 11) is 0. The molecule has 0 radical (unpaired) electrons. The van der Waals surface area contributed by atoms with Crippen LogP contribution in [0.5, 0.6) is 0 Å². The fourth-order valence-corrected chi connectivity index (χ4v) is 9.07. The molecule has 1 amide bonds. The zero-order chi connectivity index (χ0) is 23.7. The van der Waals surface area contributed by atoms with Crippen molar-refractivity contribution in [2.45, 2.75) is 132 Å². The number of piperidine rings is 1. The van der Waals surface area contributed by atoms with Crippen molar-refractivity contribution >= 4 is 5.91 Å². The smallest absolute Gasteiger partial charge is 0.220 e. The minimum atomic E-state index is 0.301. The zero-order valence-corrected chi connectivity index (χ0v) is 22.8. The molecule has 0 bridgehead atoms. The first-order chi connectivity index (χ1) is 15.1. The lowest BCUT2D eigenvalue weighted by atomic mass is 9.44. The van der Waals surface area contributed by atoms with E-state index in [2.05, 4.69) is 60.7 Å². The number of hydrogen-bond donors (Lipinski definition) is 1. The number of carbonyl (C=O) groups is 1. The topological polar surface area (TPSA) is 29.1 Å². The van der Waals surface area contributed by atoms with Crippen LogP contribution < -0.4 is 5.32 Å². The SMILES string of the molecule is CC(C)CCCC(C)C1CCC2C3C(CC[C@]12C)[C@@]1(C)CCC(=O)NC1C[C@@H]3C.CCC. The predicted octanol–water partition coefficient (Wildman–Crippen LogP) is 8.25. The first-order valence-corrected chi connectivity index (χ1v) is 14.4. The van der Waals surface area contributed by atoms with Gasteiger partial charge in [-0.25, -0.2) is 0 Å². The van der Waals surface area contributed by atoms with Crippen molar-refractivity contribution < 1.29 is 4.79 Å². The van der Waals surface area contributed by atoms with Crippen molar-refractivity contribution in [3.63, 3.8) is 0 Å². The fourth-order valence-electron chi connectivity index (χ4n) is 9.07. The Balaban J connectivity index is 0.000000913. The highest BCUT2D eigenvalue weighted by Crippen LogP contribution is 2.67. The Morgan fingerprint density at radius 3 is 2.28 bits per heavy atom. The van der Waals surface area contributed by atoms with Crippen LogP contribution >= 0.6 is 0 Å². The Morgan fingerprint density at radius 2 is 1.62 bits per heavy atom. The largest absolute Gasteiger partial charge is 0.353 e. The molecule has 4 rings (SSSR count). The third kappa shape index (κ3) is 4.81. The summed E-state index contributed by atoms with van der Waals surface area (Å²) in [5.41, 5.74) is 0.904. The number of fused-ring (bicyclic) bond motifs is 5. The van der Waals surface area contributed by atoms with E-state index in [-0.39, 0.29) is 0 Å². The van der Waals surface area contributed by atoms with E-state index in [0.717, 1.165) is 54.3 Å². The maximum absolute atomic E-state index is 12.1. The monoisotopic (exact) mass is 445 g/mol. The van der Waals surface area contributed by atoms with E-state index >= 15 is 0 Å². The fraction of sp³-hybridized carbons (Fsp3) is 0.967. The van der Waals surface area contributed by atoms with Gasteiger partial charge in [0, 0.05) is 12.5 Å². The summed E-state index contributed by atoms with van der Waals surface area (Å²) in [5, 5.41) is 3.41. The number of nitrogens with one attached hydrogen (secondary N) is 1. The van der Waals surface area contributed by atoms with Gasteiger partial charge in [0.15, 0.2) is 0 Å². The van der Waals surface area contributed by atoms with Crippen LogP contribution in [0, 0.1) is 52.3 Å². The first kappa shape index (κ1) is 26.1. The summed E-state index contributed by atoms with van der Waals surface area (Å²) < 4.78 is 0. The van der Waals surface area contributed by atoms with Gasteiger partial charge in [-0.1, -0.05) is 81.1 Å². The molecule has 1 heterocycles. The van der Waals surface area contributed by atoms with Crippen LogP contribution in [0.2, 0.25) is 0 Å². The van der Waals surface area contributed by atoms with Gasteiger partial charge in [-0.2, -0.15) is 0 Å². The molecule has 32 heavy (non-hydrogen) atoms. The molecule has 0 aromatic carbocycles. The third-order valence-electron chi connectivity index (χ3n) is 10.7. The maximum Gasteiger partial charge on any atom is 0.220 e. The molecule has 2 nitrogen and oxygen atoms in total. The molecule has 6 unspecified atom stereocenters. The molecule has 0 spiro atoms. The molecule has 0 aromatic heterocycles. The highest BCUT2D eigenvalue weighted by Gasteiger charge is 2.62. The molecular formula is C30H55NO. The molecule has 0 aromatic rings. The molecule has 4 aliphatic rings. The maximum atomic E-state index is 12.1. The lowest BCUT2D eigenvalue weighted by molar-refractivity contribution is -0.144. The lowest BCUT2D eigenvalue weighted by Gasteiger charge is -2.62. The second-order valence-corrected chi connectivity index (χ2v) is 13.4. The Morgan fingerprint density at radius 1 is 0.969 bits per heavy atom. The van der Waals surface area contributed by atoms with Gasteiger partial charge in [-0.15, -0.1) is 0 Å². The molecule has 3 aliphatic carbocycles. The van der Waals surface area contributed by atoms with Crippen molar-refractivity contribution in [3.8, 4) is 0 Å². The van der Waals surface area contributed by atoms with Gasteiger partial charge >= 0.3 is 0 Å². The summed E-state index contributed by atoms with van der Waals surface area (Å²) in [6.45, 7) is 19.3. The van der Waals surface area contributed by atoms with Gasteiger partial charge in [-0.05, 0) is 90.8 Å². The van der Waals surface area contributed by atoms with Crippen LogP contribution in [0.4, 0.5) is 0 Å². The van der Waals surface area contributed by atoms with E-state index in [1.165, 1.54) is 57.8 Å². The molecule has 186 valence electrons. The highest BCUT2D eigenvalue weighted by molar-refractivity contribution is 5.77. The summed E-state index contributed by atoms with van der Waals surface area (Å²) in [5.74, 6) is 6.36. The van der Waals surface area contributed by atoms with E-state index < -0.39 is 0 Å². The van der Waals surface area contributed by atoms with Crippen molar-refractivity contribution in [3.05, 3.63) is 0 Å². The summed E-state index contributed by atoms with van der Waals surface area (Å²) in [4.78, 5) is 12.1. The molecule has 4 fully saturated rings. The summed E-state index contributed by atoms with van der Waals surface area (Å²) >= 11 is 0. The Bertz CT molecular complexity index is 628.